The number of aliphatic hydroxyl groups excluding tert-OH is 1. The van der Waals surface area contributed by atoms with Crippen LogP contribution in [0.15, 0.2) is 11.2 Å². The summed E-state index contributed by atoms with van der Waals surface area (Å²) >= 11 is 0. The van der Waals surface area contributed by atoms with Crippen molar-refractivity contribution in [2.75, 3.05) is 14.2 Å². The Kier molecular flexibility index (Phi) is 8.09. The van der Waals surface area contributed by atoms with Crippen molar-refractivity contribution in [1.82, 2.24) is 5.32 Å². The first-order valence-electron chi connectivity index (χ1n) is 7.69. The van der Waals surface area contributed by atoms with Crippen molar-refractivity contribution in [1.29, 1.82) is 5.39 Å². The van der Waals surface area contributed by atoms with Gasteiger partial charge in [0.05, 0.1) is 0 Å². The number of aliphatic hydroxyl groups is 1. The SMILES string of the molecule is COP(=O)(OC)/C([N+]#N)=C(\O)C[C@@H](NC(=O)OC(C)(C)C)C(C)(C)C. The molecule has 0 heterocycles. The van der Waals surface area contributed by atoms with Crippen molar-refractivity contribution in [3.8, 4) is 0 Å². The molecule has 0 radical (unpaired) electrons. The van der Waals surface area contributed by atoms with Crippen LogP contribution in [0.1, 0.15) is 48.0 Å². The molecular formula is C15H29N3O6P+. The van der Waals surface area contributed by atoms with Gasteiger partial charge in [-0.3, -0.25) is 0 Å². The summed E-state index contributed by atoms with van der Waals surface area (Å²) in [6, 6.07) is -0.610. The van der Waals surface area contributed by atoms with Gasteiger partial charge in [-0.05, 0) is 26.2 Å². The summed E-state index contributed by atoms with van der Waals surface area (Å²) in [5.41, 5.74) is -1.79. The zero-order chi connectivity index (χ0) is 20.1. The number of carbonyl (C=O) groups excluding carboxylic acids is 1. The normalized spacial score (nSPS) is 15.0. The van der Waals surface area contributed by atoms with Crippen LogP contribution in [0.4, 0.5) is 4.79 Å². The fourth-order valence-electron chi connectivity index (χ4n) is 1.83. The van der Waals surface area contributed by atoms with Gasteiger partial charge >= 0.3 is 19.1 Å². The monoisotopic (exact) mass is 378 g/mol. The topological polar surface area (TPSA) is 122 Å². The van der Waals surface area contributed by atoms with E-state index < -0.39 is 41.9 Å². The van der Waals surface area contributed by atoms with Gasteiger partial charge in [-0.2, -0.15) is 0 Å². The van der Waals surface area contributed by atoms with E-state index in [9.17, 15) is 14.5 Å². The molecule has 0 spiro atoms. The molecule has 0 aliphatic heterocycles. The molecule has 144 valence electrons. The Hall–Kier alpha value is -1.62. The lowest BCUT2D eigenvalue weighted by Gasteiger charge is -2.32. The predicted molar refractivity (Wildman–Crippen MR) is 93.6 cm³/mol. The van der Waals surface area contributed by atoms with E-state index in [-0.39, 0.29) is 6.42 Å². The van der Waals surface area contributed by atoms with Crippen LogP contribution in [0.5, 0.6) is 0 Å². The van der Waals surface area contributed by atoms with Crippen LogP contribution in [0.2, 0.25) is 0 Å². The number of ether oxygens (including phenoxy) is 1. The predicted octanol–water partition coefficient (Wildman–Crippen LogP) is 4.38. The van der Waals surface area contributed by atoms with Crippen LogP contribution in [0, 0.1) is 10.8 Å². The molecule has 0 bridgehead atoms. The lowest BCUT2D eigenvalue weighted by molar-refractivity contribution is 0.0459. The maximum absolute atomic E-state index is 12.3. The van der Waals surface area contributed by atoms with Gasteiger partial charge in [-0.25, -0.2) is 9.36 Å². The summed E-state index contributed by atoms with van der Waals surface area (Å²) in [6.45, 7) is 10.7. The van der Waals surface area contributed by atoms with E-state index in [1.54, 1.807) is 20.8 Å². The molecule has 10 heteroatoms. The van der Waals surface area contributed by atoms with Gasteiger partial charge in [0.15, 0.2) is 10.7 Å². The molecule has 0 unspecified atom stereocenters. The quantitative estimate of drug-likeness (QED) is 0.399. The molecule has 0 aliphatic rings. The lowest BCUT2D eigenvalue weighted by Crippen LogP contribution is -2.46. The standard InChI is InChI=1S/C15H28N3O6P/c1-14(2,3)11(17-13(20)24-15(4,5)6)9-10(19)12(18-16)25(21,22-7)23-8/h11H,9H2,1-8H3,(H-,17,19,20,21)/p+1/t11-/m1/s1. The molecule has 0 aromatic rings. The van der Waals surface area contributed by atoms with Crippen LogP contribution >= 0.6 is 7.60 Å². The van der Waals surface area contributed by atoms with Crippen molar-refractivity contribution in [3.63, 3.8) is 0 Å². The van der Waals surface area contributed by atoms with Crippen LogP contribution in [0.3, 0.4) is 0 Å². The molecule has 25 heavy (non-hydrogen) atoms. The van der Waals surface area contributed by atoms with Gasteiger partial charge in [-0.15, -0.1) is 0 Å². The molecule has 0 saturated heterocycles. The molecule has 0 aromatic heterocycles. The molecule has 0 aromatic carbocycles. The highest BCUT2D eigenvalue weighted by Gasteiger charge is 2.45. The van der Waals surface area contributed by atoms with Crippen molar-refractivity contribution >= 4 is 13.7 Å². The average Bonchev–Trinajstić information content (AvgIpc) is 2.44. The number of hydrogen-bond acceptors (Lipinski definition) is 7. The number of alkyl carbamates (subject to hydrolysis) is 1. The first kappa shape index (κ1) is 23.4. The van der Waals surface area contributed by atoms with E-state index in [0.29, 0.717) is 0 Å². The molecule has 0 rings (SSSR count). The number of nitrogens with zero attached hydrogens (tertiary/aromatic N) is 2. The maximum atomic E-state index is 12.3. The Morgan fingerprint density at radius 2 is 1.68 bits per heavy atom. The summed E-state index contributed by atoms with van der Waals surface area (Å²) in [4.78, 5) is 14.9. The van der Waals surface area contributed by atoms with E-state index >= 15 is 0 Å². The minimum Gasteiger partial charge on any atom is -0.505 e. The minimum atomic E-state index is -3.95. The van der Waals surface area contributed by atoms with Gasteiger partial charge in [0.2, 0.25) is 5.39 Å². The first-order chi connectivity index (χ1) is 11.2. The van der Waals surface area contributed by atoms with Crippen LogP contribution in [-0.2, 0) is 18.3 Å². The summed E-state index contributed by atoms with van der Waals surface area (Å²) in [6.07, 6.45) is -0.830. The van der Waals surface area contributed by atoms with Gasteiger partial charge < -0.3 is 24.2 Å². The highest BCUT2D eigenvalue weighted by atomic mass is 31.2. The Bertz CT molecular complexity index is 590. The number of amides is 1. The van der Waals surface area contributed by atoms with Crippen molar-refractivity contribution in [2.24, 2.45) is 5.41 Å². The van der Waals surface area contributed by atoms with E-state index in [0.717, 1.165) is 14.2 Å². The zero-order valence-corrected chi connectivity index (χ0v) is 17.0. The average molecular weight is 378 g/mol. The highest BCUT2D eigenvalue weighted by Crippen LogP contribution is 2.56. The van der Waals surface area contributed by atoms with Gasteiger partial charge in [0.25, 0.3) is 0 Å². The molecule has 0 aliphatic carbocycles. The molecule has 2 N–H and O–H groups in total. The fourth-order valence-corrected chi connectivity index (χ4v) is 2.84. The Morgan fingerprint density at radius 3 is 2.00 bits per heavy atom. The second-order valence-corrected chi connectivity index (χ2v) is 9.65. The van der Waals surface area contributed by atoms with Crippen molar-refractivity contribution in [3.05, 3.63) is 16.2 Å². The third-order valence-corrected chi connectivity index (χ3v) is 5.05. The van der Waals surface area contributed by atoms with E-state index in [1.165, 1.54) is 0 Å². The number of rotatable bonds is 6. The Labute approximate surface area is 148 Å². The fraction of sp³-hybridized carbons (Fsp3) is 0.800. The largest absolute Gasteiger partial charge is 0.507 e. The molecule has 1 atom stereocenters. The number of diazo groups is 1. The number of carbonyl (C=O) groups is 1. The lowest BCUT2D eigenvalue weighted by atomic mass is 9.84. The third-order valence-electron chi connectivity index (χ3n) is 3.23. The van der Waals surface area contributed by atoms with E-state index in [4.69, 9.17) is 19.2 Å². The molecule has 0 saturated carbocycles. The van der Waals surface area contributed by atoms with Crippen LogP contribution in [-0.4, -0.2) is 37.1 Å². The van der Waals surface area contributed by atoms with E-state index in [1.807, 2.05) is 20.8 Å². The molecule has 0 fully saturated rings. The zero-order valence-electron chi connectivity index (χ0n) is 16.1. The van der Waals surface area contributed by atoms with Crippen molar-refractivity contribution < 1.29 is 28.3 Å². The molecule has 1 amide bonds. The van der Waals surface area contributed by atoms with Crippen LogP contribution in [0.25, 0.3) is 4.98 Å². The van der Waals surface area contributed by atoms with Gasteiger partial charge in [-0.1, -0.05) is 20.8 Å². The second-order valence-electron chi connectivity index (χ2n) is 7.50. The second kappa shape index (κ2) is 8.65. The third kappa shape index (κ3) is 7.43. The molecular weight excluding hydrogens is 349 g/mol. The summed E-state index contributed by atoms with van der Waals surface area (Å²) < 4.78 is 27.0. The minimum absolute atomic E-state index is 0.168. The van der Waals surface area contributed by atoms with Crippen molar-refractivity contribution in [2.45, 2.75) is 59.6 Å². The first-order valence-corrected chi connectivity index (χ1v) is 9.23. The summed E-state index contributed by atoms with van der Waals surface area (Å²) in [5.74, 6) is -0.523. The van der Waals surface area contributed by atoms with Gasteiger partial charge in [0, 0.05) is 26.7 Å². The summed E-state index contributed by atoms with van der Waals surface area (Å²) in [7, 11) is -1.75. The maximum Gasteiger partial charge on any atom is 0.507 e. The Balaban J connectivity index is 5.61. The summed E-state index contributed by atoms with van der Waals surface area (Å²) in [5, 5.41) is 22.1. The van der Waals surface area contributed by atoms with Gasteiger partial charge in [0.1, 0.15) is 5.60 Å². The Morgan fingerprint density at radius 1 is 1.20 bits per heavy atom. The van der Waals surface area contributed by atoms with Crippen LogP contribution < -0.4 is 5.32 Å². The molecule has 9 nitrogen and oxygen atoms in total. The number of nitrogens with one attached hydrogen (secondary N) is 1. The van der Waals surface area contributed by atoms with E-state index in [2.05, 4.69) is 10.3 Å². The smallest absolute Gasteiger partial charge is 0.505 e. The highest BCUT2D eigenvalue weighted by molar-refractivity contribution is 7.58. The number of hydrogen-bond donors (Lipinski definition) is 2.